The Bertz CT molecular complexity index is 831. The number of anilines is 1. The Morgan fingerprint density at radius 3 is 2.88 bits per heavy atom. The van der Waals surface area contributed by atoms with Gasteiger partial charge >= 0.3 is 0 Å². The van der Waals surface area contributed by atoms with Gasteiger partial charge in [-0.3, -0.25) is 9.69 Å². The molecule has 0 bridgehead atoms. The van der Waals surface area contributed by atoms with Crippen LogP contribution in [0, 0.1) is 12.7 Å². The molecule has 138 valence electrons. The molecule has 2 aromatic rings. The lowest BCUT2D eigenvalue weighted by atomic mass is 10.1. The van der Waals surface area contributed by atoms with Crippen molar-refractivity contribution in [2.45, 2.75) is 38.8 Å². The van der Waals surface area contributed by atoms with Crippen molar-refractivity contribution in [1.29, 1.82) is 0 Å². The summed E-state index contributed by atoms with van der Waals surface area (Å²) in [6.07, 6.45) is 1.70. The predicted octanol–water partition coefficient (Wildman–Crippen LogP) is 2.08. The number of carbonyl (C=O) groups excluding carboxylic acids is 1. The predicted molar refractivity (Wildman–Crippen MR) is 94.1 cm³/mol. The fraction of sp³-hybridized carbons (Fsp3) is 0.500. The van der Waals surface area contributed by atoms with E-state index in [1.807, 2.05) is 18.5 Å². The van der Waals surface area contributed by atoms with E-state index in [1.54, 1.807) is 11.0 Å². The molecule has 1 amide bonds. The van der Waals surface area contributed by atoms with Gasteiger partial charge in [0.05, 0.1) is 24.0 Å². The number of hydrogen-bond acceptors (Lipinski definition) is 5. The third-order valence-corrected chi connectivity index (χ3v) is 5.01. The molecule has 1 atom stereocenters. The number of amides is 1. The number of piperidine rings is 1. The zero-order chi connectivity index (χ0) is 18.3. The Labute approximate surface area is 151 Å². The molecule has 3 heterocycles. The van der Waals surface area contributed by atoms with E-state index in [4.69, 9.17) is 4.74 Å². The summed E-state index contributed by atoms with van der Waals surface area (Å²) in [5, 5.41) is 11.7. The summed E-state index contributed by atoms with van der Waals surface area (Å²) in [6, 6.07) is 4.47. The van der Waals surface area contributed by atoms with Crippen molar-refractivity contribution in [3.05, 3.63) is 35.4 Å². The first-order valence-corrected chi connectivity index (χ1v) is 8.95. The summed E-state index contributed by atoms with van der Waals surface area (Å²) < 4.78 is 21.1. The highest BCUT2D eigenvalue weighted by Gasteiger charge is 2.32. The molecule has 1 aromatic carbocycles. The zero-order valence-electron chi connectivity index (χ0n) is 14.9. The van der Waals surface area contributed by atoms with Gasteiger partial charge in [0.1, 0.15) is 17.7 Å². The number of halogens is 1. The summed E-state index contributed by atoms with van der Waals surface area (Å²) in [5.74, 6) is -0.246. The van der Waals surface area contributed by atoms with Crippen LogP contribution in [0.1, 0.15) is 42.0 Å². The third kappa shape index (κ3) is 2.94. The summed E-state index contributed by atoms with van der Waals surface area (Å²) in [7, 11) is 0. The van der Waals surface area contributed by atoms with E-state index in [1.165, 1.54) is 12.1 Å². The number of rotatable bonds is 2. The van der Waals surface area contributed by atoms with Gasteiger partial charge in [-0.05, 0) is 51.9 Å². The van der Waals surface area contributed by atoms with Gasteiger partial charge in [0.15, 0.2) is 5.69 Å². The lowest BCUT2D eigenvalue weighted by molar-refractivity contribution is 0.0955. The van der Waals surface area contributed by atoms with Crippen molar-refractivity contribution < 1.29 is 13.9 Å². The normalized spacial score (nSPS) is 20.6. The molecule has 1 fully saturated rings. The quantitative estimate of drug-likeness (QED) is 0.889. The number of nitrogens with zero attached hydrogens (tertiary/aromatic N) is 4. The molecule has 0 saturated carbocycles. The molecule has 2 aliphatic rings. The minimum Gasteiger partial charge on any atom is -0.487 e. The highest BCUT2D eigenvalue weighted by Crippen LogP contribution is 2.35. The maximum Gasteiger partial charge on any atom is 0.280 e. The summed E-state index contributed by atoms with van der Waals surface area (Å²) >= 11 is 0. The molecular weight excluding hydrogens is 337 g/mol. The minimum absolute atomic E-state index is 0.229. The van der Waals surface area contributed by atoms with Gasteiger partial charge in [-0.15, -0.1) is 5.10 Å². The van der Waals surface area contributed by atoms with Crippen LogP contribution in [0.4, 0.5) is 10.1 Å². The Hall–Kier alpha value is -2.48. The van der Waals surface area contributed by atoms with Gasteiger partial charge in [0, 0.05) is 6.07 Å². The van der Waals surface area contributed by atoms with Crippen molar-refractivity contribution in [3.8, 4) is 5.75 Å². The largest absolute Gasteiger partial charge is 0.487 e. The van der Waals surface area contributed by atoms with Crippen LogP contribution in [-0.2, 0) is 0 Å². The number of benzene rings is 1. The fourth-order valence-corrected chi connectivity index (χ4v) is 3.67. The number of fused-ring (bicyclic) bond motifs is 1. The fourth-order valence-electron chi connectivity index (χ4n) is 3.67. The highest BCUT2D eigenvalue weighted by atomic mass is 19.1. The highest BCUT2D eigenvalue weighted by molar-refractivity contribution is 6.06. The summed E-state index contributed by atoms with van der Waals surface area (Å²) in [6.45, 7) is 6.00. The lowest BCUT2D eigenvalue weighted by Gasteiger charge is -2.33. The molecule has 1 N–H and O–H groups in total. The maximum atomic E-state index is 13.5. The molecule has 0 spiro atoms. The molecule has 0 aliphatic carbocycles. The standard InChI is InChI=1S/C18H22FN5O2/c1-11-10-23(15-4-3-13(19)9-16(15)26-11)18(25)17-12(2)24(22-21-17)14-5-7-20-8-6-14/h3-4,9,11,14,20H,5-8,10H2,1-2H3/t11-/m1/s1. The average Bonchev–Trinajstić information content (AvgIpc) is 3.02. The number of ether oxygens (including phenoxy) is 1. The topological polar surface area (TPSA) is 72.3 Å². The second-order valence-corrected chi connectivity index (χ2v) is 6.91. The van der Waals surface area contributed by atoms with Crippen molar-refractivity contribution >= 4 is 11.6 Å². The van der Waals surface area contributed by atoms with Crippen LogP contribution in [0.5, 0.6) is 5.75 Å². The van der Waals surface area contributed by atoms with Crippen LogP contribution in [0.2, 0.25) is 0 Å². The Morgan fingerprint density at radius 2 is 2.12 bits per heavy atom. The number of hydrogen-bond donors (Lipinski definition) is 1. The molecule has 8 heteroatoms. The molecule has 2 aliphatic heterocycles. The molecule has 0 radical (unpaired) electrons. The van der Waals surface area contributed by atoms with Crippen molar-refractivity contribution in [2.24, 2.45) is 0 Å². The maximum absolute atomic E-state index is 13.5. The van der Waals surface area contributed by atoms with E-state index in [2.05, 4.69) is 15.6 Å². The summed E-state index contributed by atoms with van der Waals surface area (Å²) in [4.78, 5) is 14.8. The van der Waals surface area contributed by atoms with Gasteiger partial charge in [-0.1, -0.05) is 5.21 Å². The van der Waals surface area contributed by atoms with Gasteiger partial charge in [-0.2, -0.15) is 0 Å². The molecule has 26 heavy (non-hydrogen) atoms. The average molecular weight is 359 g/mol. The van der Waals surface area contributed by atoms with Crippen molar-refractivity contribution in [2.75, 3.05) is 24.5 Å². The minimum atomic E-state index is -0.390. The van der Waals surface area contributed by atoms with E-state index in [-0.39, 0.29) is 18.1 Å². The molecular formula is C18H22FN5O2. The van der Waals surface area contributed by atoms with Crippen LogP contribution in [0.15, 0.2) is 18.2 Å². The number of nitrogens with one attached hydrogen (secondary N) is 1. The molecule has 0 unspecified atom stereocenters. The first-order chi connectivity index (χ1) is 12.5. The van der Waals surface area contributed by atoms with E-state index >= 15 is 0 Å². The van der Waals surface area contributed by atoms with Crippen LogP contribution < -0.4 is 15.0 Å². The lowest BCUT2D eigenvalue weighted by Crippen LogP contribution is -2.42. The smallest absolute Gasteiger partial charge is 0.280 e. The molecule has 7 nitrogen and oxygen atoms in total. The molecule has 1 aromatic heterocycles. The van der Waals surface area contributed by atoms with Crippen LogP contribution in [0.25, 0.3) is 0 Å². The SMILES string of the molecule is Cc1c(C(=O)N2C[C@@H](C)Oc3cc(F)ccc32)nnn1C1CCNCC1. The Morgan fingerprint density at radius 1 is 1.35 bits per heavy atom. The van der Waals surface area contributed by atoms with E-state index < -0.39 is 5.82 Å². The van der Waals surface area contributed by atoms with Gasteiger partial charge in [-0.25, -0.2) is 9.07 Å². The Balaban J connectivity index is 1.65. The molecule has 1 saturated heterocycles. The first-order valence-electron chi connectivity index (χ1n) is 8.95. The first kappa shape index (κ1) is 17.0. The van der Waals surface area contributed by atoms with Crippen LogP contribution >= 0.6 is 0 Å². The van der Waals surface area contributed by atoms with Crippen LogP contribution in [0.3, 0.4) is 0 Å². The third-order valence-electron chi connectivity index (χ3n) is 5.01. The van der Waals surface area contributed by atoms with E-state index in [0.29, 0.717) is 23.7 Å². The van der Waals surface area contributed by atoms with Gasteiger partial charge in [0.2, 0.25) is 0 Å². The second-order valence-electron chi connectivity index (χ2n) is 6.91. The Kier molecular flexibility index (Phi) is 4.36. The summed E-state index contributed by atoms with van der Waals surface area (Å²) in [5.41, 5.74) is 1.67. The van der Waals surface area contributed by atoms with E-state index in [0.717, 1.165) is 31.6 Å². The number of carbonyl (C=O) groups is 1. The molecule has 4 rings (SSSR count). The number of aromatic nitrogens is 3. The van der Waals surface area contributed by atoms with Gasteiger partial charge < -0.3 is 10.1 Å². The van der Waals surface area contributed by atoms with Gasteiger partial charge in [0.25, 0.3) is 5.91 Å². The van der Waals surface area contributed by atoms with E-state index in [9.17, 15) is 9.18 Å². The monoisotopic (exact) mass is 359 g/mol. The van der Waals surface area contributed by atoms with Crippen LogP contribution in [-0.4, -0.2) is 46.6 Å². The zero-order valence-corrected chi connectivity index (χ0v) is 14.9. The van der Waals surface area contributed by atoms with Crippen molar-refractivity contribution in [1.82, 2.24) is 20.3 Å². The van der Waals surface area contributed by atoms with Crippen molar-refractivity contribution in [3.63, 3.8) is 0 Å². The second kappa shape index (κ2) is 6.68.